The molecule has 1 saturated carbocycles. The number of nitrogens with two attached hydrogens (primary N) is 1. The van der Waals surface area contributed by atoms with E-state index in [9.17, 15) is 4.79 Å². The van der Waals surface area contributed by atoms with E-state index in [-0.39, 0.29) is 11.3 Å². The van der Waals surface area contributed by atoms with Gasteiger partial charge < -0.3 is 11.1 Å². The van der Waals surface area contributed by atoms with Crippen molar-refractivity contribution < 1.29 is 4.79 Å². The van der Waals surface area contributed by atoms with Crippen molar-refractivity contribution in [3.8, 4) is 0 Å². The first kappa shape index (κ1) is 18.4. The molecule has 1 amide bonds. The zero-order valence-corrected chi connectivity index (χ0v) is 15.9. The molecule has 25 heavy (non-hydrogen) atoms. The molecule has 1 aromatic rings. The van der Waals surface area contributed by atoms with Crippen molar-refractivity contribution in [3.05, 3.63) is 35.9 Å². The van der Waals surface area contributed by atoms with Gasteiger partial charge in [0.15, 0.2) is 0 Å². The second-order valence-corrected chi connectivity index (χ2v) is 9.17. The van der Waals surface area contributed by atoms with Crippen LogP contribution in [0.4, 0.5) is 0 Å². The summed E-state index contributed by atoms with van der Waals surface area (Å²) in [6.07, 6.45) is 3.04. The minimum absolute atomic E-state index is 0.0297. The summed E-state index contributed by atoms with van der Waals surface area (Å²) in [6.45, 7) is 9.63. The van der Waals surface area contributed by atoms with Gasteiger partial charge in [-0.2, -0.15) is 0 Å². The van der Waals surface area contributed by atoms with Gasteiger partial charge in [-0.1, -0.05) is 51.1 Å². The number of likely N-dealkylation sites (tertiary alicyclic amines) is 1. The van der Waals surface area contributed by atoms with Crippen molar-refractivity contribution in [3.63, 3.8) is 0 Å². The van der Waals surface area contributed by atoms with Crippen LogP contribution in [0.2, 0.25) is 0 Å². The van der Waals surface area contributed by atoms with Gasteiger partial charge in [0, 0.05) is 25.7 Å². The van der Waals surface area contributed by atoms with Gasteiger partial charge in [-0.25, -0.2) is 0 Å². The molecular weight excluding hydrogens is 310 g/mol. The molecule has 1 aromatic carbocycles. The quantitative estimate of drug-likeness (QED) is 0.864. The van der Waals surface area contributed by atoms with E-state index in [0.29, 0.717) is 17.9 Å². The Morgan fingerprint density at radius 1 is 1.24 bits per heavy atom. The Kier molecular flexibility index (Phi) is 5.49. The normalized spacial score (nSPS) is 27.9. The number of fused-ring (bicyclic) bond motifs is 1. The van der Waals surface area contributed by atoms with Crippen molar-refractivity contribution in [2.75, 3.05) is 13.1 Å². The number of benzene rings is 1. The third-order valence-electron chi connectivity index (χ3n) is 5.68. The SMILES string of the molecule is CC(C)(C)C[C@H](N)C(=O)N[C@H]1CC[C@@H]2CN(Cc3ccccc3)C[C@@H]21. The van der Waals surface area contributed by atoms with Crippen molar-refractivity contribution in [2.24, 2.45) is 23.0 Å². The predicted molar refractivity (Wildman–Crippen MR) is 102 cm³/mol. The topological polar surface area (TPSA) is 58.4 Å². The molecule has 1 aliphatic carbocycles. The summed E-state index contributed by atoms with van der Waals surface area (Å²) in [5.41, 5.74) is 7.57. The lowest BCUT2D eigenvalue weighted by Gasteiger charge is -2.26. The fourth-order valence-corrected chi connectivity index (χ4v) is 4.55. The smallest absolute Gasteiger partial charge is 0.237 e. The van der Waals surface area contributed by atoms with Gasteiger partial charge in [0.05, 0.1) is 6.04 Å². The maximum atomic E-state index is 12.5. The molecule has 1 saturated heterocycles. The van der Waals surface area contributed by atoms with Gasteiger partial charge in [0.1, 0.15) is 0 Å². The van der Waals surface area contributed by atoms with Gasteiger partial charge >= 0.3 is 0 Å². The van der Waals surface area contributed by atoms with Crippen LogP contribution in [-0.4, -0.2) is 36.0 Å². The highest BCUT2D eigenvalue weighted by Gasteiger charge is 2.43. The summed E-state index contributed by atoms with van der Waals surface area (Å²) in [5, 5.41) is 3.27. The molecule has 138 valence electrons. The third-order valence-corrected chi connectivity index (χ3v) is 5.68. The van der Waals surface area contributed by atoms with Crippen LogP contribution in [0.15, 0.2) is 30.3 Å². The lowest BCUT2D eigenvalue weighted by Crippen LogP contribution is -2.48. The molecule has 4 heteroatoms. The number of rotatable bonds is 5. The van der Waals surface area contributed by atoms with Crippen LogP contribution in [-0.2, 0) is 11.3 Å². The summed E-state index contributed by atoms with van der Waals surface area (Å²) in [6, 6.07) is 10.6. The number of carbonyl (C=O) groups is 1. The Labute approximate surface area is 152 Å². The lowest BCUT2D eigenvalue weighted by atomic mass is 9.88. The Bertz CT molecular complexity index is 581. The Morgan fingerprint density at radius 3 is 2.64 bits per heavy atom. The number of hydrogen-bond acceptors (Lipinski definition) is 3. The minimum Gasteiger partial charge on any atom is -0.352 e. The van der Waals surface area contributed by atoms with E-state index in [1.54, 1.807) is 0 Å². The van der Waals surface area contributed by atoms with Crippen LogP contribution >= 0.6 is 0 Å². The van der Waals surface area contributed by atoms with Gasteiger partial charge in [0.25, 0.3) is 0 Å². The fraction of sp³-hybridized carbons (Fsp3) is 0.667. The summed E-state index contributed by atoms with van der Waals surface area (Å²) in [4.78, 5) is 15.0. The Morgan fingerprint density at radius 2 is 1.96 bits per heavy atom. The van der Waals surface area contributed by atoms with Crippen LogP contribution in [0.25, 0.3) is 0 Å². The van der Waals surface area contributed by atoms with Gasteiger partial charge in [-0.15, -0.1) is 0 Å². The molecule has 1 heterocycles. The number of hydrogen-bond donors (Lipinski definition) is 2. The molecule has 0 bridgehead atoms. The predicted octanol–water partition coefficient (Wildman–Crippen LogP) is 2.78. The molecule has 1 aliphatic heterocycles. The van der Waals surface area contributed by atoms with Gasteiger partial charge in [-0.3, -0.25) is 9.69 Å². The molecule has 0 radical (unpaired) electrons. The lowest BCUT2D eigenvalue weighted by molar-refractivity contribution is -0.124. The monoisotopic (exact) mass is 343 g/mol. The molecule has 2 aliphatic rings. The molecule has 4 nitrogen and oxygen atoms in total. The first-order valence-corrected chi connectivity index (χ1v) is 9.64. The molecule has 0 spiro atoms. The zero-order chi connectivity index (χ0) is 18.0. The Balaban J connectivity index is 1.53. The zero-order valence-electron chi connectivity index (χ0n) is 15.9. The number of carbonyl (C=O) groups excluding carboxylic acids is 1. The Hall–Kier alpha value is -1.39. The van der Waals surface area contributed by atoms with Gasteiger partial charge in [-0.05, 0) is 42.1 Å². The molecule has 0 unspecified atom stereocenters. The van der Waals surface area contributed by atoms with Crippen molar-refractivity contribution in [1.29, 1.82) is 0 Å². The highest BCUT2D eigenvalue weighted by Crippen LogP contribution is 2.38. The van der Waals surface area contributed by atoms with E-state index in [0.717, 1.165) is 32.5 Å². The first-order valence-electron chi connectivity index (χ1n) is 9.64. The number of amides is 1. The van der Waals surface area contributed by atoms with Crippen molar-refractivity contribution in [2.45, 2.75) is 58.7 Å². The molecular formula is C21H33N3O. The van der Waals surface area contributed by atoms with Crippen LogP contribution in [0, 0.1) is 17.3 Å². The van der Waals surface area contributed by atoms with Gasteiger partial charge in [0.2, 0.25) is 5.91 Å². The molecule has 3 N–H and O–H groups in total. The van der Waals surface area contributed by atoms with Crippen LogP contribution in [0.5, 0.6) is 0 Å². The van der Waals surface area contributed by atoms with E-state index >= 15 is 0 Å². The minimum atomic E-state index is -0.402. The van der Waals surface area contributed by atoms with Crippen molar-refractivity contribution >= 4 is 5.91 Å². The third kappa shape index (κ3) is 4.83. The first-order chi connectivity index (χ1) is 11.8. The molecule has 3 rings (SSSR count). The average molecular weight is 344 g/mol. The van der Waals surface area contributed by atoms with Crippen molar-refractivity contribution in [1.82, 2.24) is 10.2 Å². The van der Waals surface area contributed by atoms with Crippen LogP contribution < -0.4 is 11.1 Å². The van der Waals surface area contributed by atoms with Crippen LogP contribution in [0.1, 0.15) is 45.6 Å². The summed E-state index contributed by atoms with van der Waals surface area (Å²) in [7, 11) is 0. The van der Waals surface area contributed by atoms with Crippen LogP contribution in [0.3, 0.4) is 0 Å². The molecule has 0 aromatic heterocycles. The maximum absolute atomic E-state index is 12.5. The van der Waals surface area contributed by atoms with E-state index in [1.165, 1.54) is 12.0 Å². The number of nitrogens with zero attached hydrogens (tertiary/aromatic N) is 1. The summed E-state index contributed by atoms with van der Waals surface area (Å²) >= 11 is 0. The van der Waals surface area contributed by atoms with E-state index in [4.69, 9.17) is 5.73 Å². The second-order valence-electron chi connectivity index (χ2n) is 9.17. The standard InChI is InChI=1S/C21H33N3O/c1-21(2,3)11-18(22)20(25)23-19-10-9-16-13-24(14-17(16)19)12-15-7-5-4-6-8-15/h4-8,16-19H,9-14,22H2,1-3H3,(H,23,25)/t16-,17+,18+,19+/m1/s1. The summed E-state index contributed by atoms with van der Waals surface area (Å²) < 4.78 is 0. The molecule has 4 atom stereocenters. The fourth-order valence-electron chi connectivity index (χ4n) is 4.55. The highest BCUT2D eigenvalue weighted by atomic mass is 16.2. The molecule has 2 fully saturated rings. The highest BCUT2D eigenvalue weighted by molar-refractivity contribution is 5.81. The average Bonchev–Trinajstić information content (AvgIpc) is 3.08. The van der Waals surface area contributed by atoms with E-state index in [2.05, 4.69) is 61.3 Å². The largest absolute Gasteiger partial charge is 0.352 e. The maximum Gasteiger partial charge on any atom is 0.237 e. The summed E-state index contributed by atoms with van der Waals surface area (Å²) in [5.74, 6) is 1.32. The van der Waals surface area contributed by atoms with E-state index in [1.807, 2.05) is 0 Å². The second kappa shape index (κ2) is 7.46. The number of nitrogens with one attached hydrogen (secondary N) is 1. The van der Waals surface area contributed by atoms with E-state index < -0.39 is 6.04 Å².